The minimum Gasteiger partial charge on any atom is -0.478 e. The number of methoxy groups -OCH3 is 1. The van der Waals surface area contributed by atoms with Crippen molar-refractivity contribution in [2.24, 2.45) is 0 Å². The predicted molar refractivity (Wildman–Crippen MR) is 96.7 cm³/mol. The molecule has 3 rings (SSSR count). The van der Waals surface area contributed by atoms with E-state index in [2.05, 4.69) is 31.8 Å². The molecule has 1 saturated heterocycles. The first-order valence-corrected chi connectivity index (χ1v) is 8.98. The van der Waals surface area contributed by atoms with Crippen molar-refractivity contribution < 1.29 is 4.74 Å². The van der Waals surface area contributed by atoms with Crippen LogP contribution in [-0.4, -0.2) is 60.2 Å². The second-order valence-corrected chi connectivity index (χ2v) is 7.24. The van der Waals surface area contributed by atoms with Crippen molar-refractivity contribution >= 4 is 40.8 Å². The van der Waals surface area contributed by atoms with E-state index in [1.54, 1.807) is 25.4 Å². The van der Waals surface area contributed by atoms with Gasteiger partial charge in [-0.05, 0) is 30.9 Å². The third kappa shape index (κ3) is 4.22. The Morgan fingerprint density at radius 1 is 1.08 bits per heavy atom. The fourth-order valence-corrected chi connectivity index (χ4v) is 3.74. The van der Waals surface area contributed by atoms with E-state index in [1.807, 2.05) is 0 Å². The molecule has 0 saturated carbocycles. The van der Waals surface area contributed by atoms with E-state index < -0.39 is 0 Å². The van der Waals surface area contributed by atoms with Gasteiger partial charge in [-0.15, -0.1) is 0 Å². The molecule has 24 heavy (non-hydrogen) atoms. The van der Waals surface area contributed by atoms with E-state index in [9.17, 15) is 0 Å². The highest BCUT2D eigenvalue weighted by Gasteiger charge is 2.20. The van der Waals surface area contributed by atoms with Crippen molar-refractivity contribution in [1.82, 2.24) is 19.9 Å². The van der Waals surface area contributed by atoms with Crippen molar-refractivity contribution in [2.45, 2.75) is 10.1 Å². The zero-order chi connectivity index (χ0) is 17.1. The Bertz CT molecular complexity index is 705. The number of piperazine rings is 1. The lowest BCUT2D eigenvalue weighted by molar-refractivity contribution is 0.309. The van der Waals surface area contributed by atoms with Gasteiger partial charge in [-0.1, -0.05) is 23.2 Å². The number of ether oxygens (including phenoxy) is 1. The Morgan fingerprint density at radius 2 is 1.83 bits per heavy atom. The van der Waals surface area contributed by atoms with Gasteiger partial charge in [-0.3, -0.25) is 0 Å². The third-order valence-corrected chi connectivity index (χ3v) is 4.88. The number of aromatic nitrogens is 3. The molecule has 0 atom stereocenters. The fourth-order valence-electron chi connectivity index (χ4n) is 2.37. The Labute approximate surface area is 155 Å². The first-order chi connectivity index (χ1) is 11.5. The molecule has 0 bridgehead atoms. The number of hydrogen-bond acceptors (Lipinski definition) is 7. The Morgan fingerprint density at radius 3 is 2.50 bits per heavy atom. The first-order valence-electron chi connectivity index (χ1n) is 7.40. The smallest absolute Gasteiger partial charge is 0.258 e. The van der Waals surface area contributed by atoms with Gasteiger partial charge in [-0.25, -0.2) is 15.0 Å². The minimum absolute atomic E-state index is 0.346. The van der Waals surface area contributed by atoms with Crippen molar-refractivity contribution in [3.63, 3.8) is 0 Å². The molecule has 3 heterocycles. The summed E-state index contributed by atoms with van der Waals surface area (Å²) in [5.74, 6) is 1.28. The van der Waals surface area contributed by atoms with E-state index in [-0.39, 0.29) is 0 Å². The van der Waals surface area contributed by atoms with Crippen molar-refractivity contribution in [2.75, 3.05) is 45.2 Å². The predicted octanol–water partition coefficient (Wildman–Crippen LogP) is 3.09. The van der Waals surface area contributed by atoms with E-state index in [1.165, 1.54) is 11.8 Å². The van der Waals surface area contributed by atoms with Crippen LogP contribution in [0.5, 0.6) is 5.88 Å². The van der Waals surface area contributed by atoms with Gasteiger partial charge in [0.2, 0.25) is 0 Å². The van der Waals surface area contributed by atoms with Crippen molar-refractivity contribution in [3.8, 4) is 5.88 Å². The molecule has 2 aromatic heterocycles. The zero-order valence-corrected chi connectivity index (χ0v) is 15.7. The Balaban J connectivity index is 1.81. The van der Waals surface area contributed by atoms with Crippen LogP contribution >= 0.6 is 35.0 Å². The molecule has 6 nitrogen and oxygen atoms in total. The highest BCUT2D eigenvalue weighted by Crippen LogP contribution is 2.32. The molecule has 128 valence electrons. The highest BCUT2D eigenvalue weighted by molar-refractivity contribution is 7.99. The molecular formula is C15H17Cl2N5OS. The summed E-state index contributed by atoms with van der Waals surface area (Å²) in [7, 11) is 3.72. The maximum atomic E-state index is 6.00. The number of hydrogen-bond donors (Lipinski definition) is 0. The van der Waals surface area contributed by atoms with E-state index in [4.69, 9.17) is 27.9 Å². The molecule has 0 spiro atoms. The quantitative estimate of drug-likeness (QED) is 0.749. The van der Waals surface area contributed by atoms with Gasteiger partial charge in [0.05, 0.1) is 13.3 Å². The number of halogens is 2. The summed E-state index contributed by atoms with van der Waals surface area (Å²) in [6.45, 7) is 3.79. The van der Waals surface area contributed by atoms with Crippen LogP contribution < -0.4 is 9.64 Å². The van der Waals surface area contributed by atoms with Crippen LogP contribution in [0.1, 0.15) is 0 Å². The van der Waals surface area contributed by atoms with Gasteiger partial charge in [0.15, 0.2) is 5.82 Å². The first kappa shape index (κ1) is 17.5. The third-order valence-electron chi connectivity index (χ3n) is 3.64. The summed E-state index contributed by atoms with van der Waals surface area (Å²) in [6, 6.07) is 3.33. The van der Waals surface area contributed by atoms with Crippen LogP contribution in [0.15, 0.2) is 28.4 Å². The molecule has 9 heteroatoms. The monoisotopic (exact) mass is 385 g/mol. The Hall–Kier alpha value is -1.28. The average Bonchev–Trinajstić information content (AvgIpc) is 2.54. The van der Waals surface area contributed by atoms with Gasteiger partial charge in [-0.2, -0.15) is 0 Å². The van der Waals surface area contributed by atoms with Gasteiger partial charge in [0.1, 0.15) is 15.2 Å². The maximum absolute atomic E-state index is 6.00. The number of likely N-dealkylation sites (N-methyl/N-ethyl adjacent to an activating group) is 1. The number of anilines is 1. The summed E-state index contributed by atoms with van der Waals surface area (Å²) in [5, 5.41) is 2.22. The van der Waals surface area contributed by atoms with Crippen molar-refractivity contribution in [1.29, 1.82) is 0 Å². The molecule has 1 fully saturated rings. The maximum Gasteiger partial charge on any atom is 0.258 e. The number of pyridine rings is 1. The van der Waals surface area contributed by atoms with Crippen LogP contribution in [-0.2, 0) is 0 Å². The normalized spacial score (nSPS) is 15.6. The highest BCUT2D eigenvalue weighted by atomic mass is 35.5. The van der Waals surface area contributed by atoms with Gasteiger partial charge < -0.3 is 14.5 Å². The lowest BCUT2D eigenvalue weighted by Gasteiger charge is -2.33. The second-order valence-electron chi connectivity index (χ2n) is 5.38. The van der Waals surface area contributed by atoms with E-state index in [0.29, 0.717) is 26.1 Å². The molecule has 1 aliphatic rings. The molecule has 0 aromatic carbocycles. The summed E-state index contributed by atoms with van der Waals surface area (Å²) >= 11 is 13.3. The molecule has 0 unspecified atom stereocenters. The zero-order valence-electron chi connectivity index (χ0n) is 13.4. The van der Waals surface area contributed by atoms with E-state index >= 15 is 0 Å². The van der Waals surface area contributed by atoms with Crippen LogP contribution in [0.2, 0.25) is 10.2 Å². The van der Waals surface area contributed by atoms with Crippen LogP contribution in [0.4, 0.5) is 5.82 Å². The molecule has 0 aliphatic carbocycles. The average molecular weight is 386 g/mol. The number of rotatable bonds is 4. The largest absolute Gasteiger partial charge is 0.478 e. The molecule has 0 radical (unpaired) electrons. The molecule has 0 amide bonds. The molecule has 2 aromatic rings. The second kappa shape index (κ2) is 7.74. The van der Waals surface area contributed by atoms with Crippen LogP contribution in [0.25, 0.3) is 0 Å². The minimum atomic E-state index is 0.346. The van der Waals surface area contributed by atoms with Crippen LogP contribution in [0.3, 0.4) is 0 Å². The summed E-state index contributed by atoms with van der Waals surface area (Å²) in [4.78, 5) is 17.8. The standard InChI is InChI=1S/C15H17Cl2N5OS/c1-21-3-5-22(6-4-21)14-15(23-2)20-13(9-18-14)24-12-8-10(16)7-11(17)19-12/h7-9H,3-6H2,1-2H3. The van der Waals surface area contributed by atoms with Gasteiger partial charge in [0.25, 0.3) is 5.88 Å². The van der Waals surface area contributed by atoms with Gasteiger partial charge >= 0.3 is 0 Å². The summed E-state index contributed by atoms with van der Waals surface area (Å²) in [5.41, 5.74) is 0. The number of nitrogens with zero attached hydrogens (tertiary/aromatic N) is 5. The SMILES string of the molecule is COc1nc(Sc2cc(Cl)cc(Cl)n2)cnc1N1CCN(C)CC1. The molecule has 0 N–H and O–H groups in total. The molecule has 1 aliphatic heterocycles. The van der Waals surface area contributed by atoms with Gasteiger partial charge in [0, 0.05) is 31.2 Å². The Kier molecular flexibility index (Phi) is 5.65. The lowest BCUT2D eigenvalue weighted by atomic mass is 10.3. The molecular weight excluding hydrogens is 369 g/mol. The summed E-state index contributed by atoms with van der Waals surface area (Å²) in [6.07, 6.45) is 1.72. The fraction of sp³-hybridized carbons (Fsp3) is 0.400. The topological polar surface area (TPSA) is 54.4 Å². The lowest BCUT2D eigenvalue weighted by Crippen LogP contribution is -2.45. The van der Waals surface area contributed by atoms with E-state index in [0.717, 1.165) is 32.0 Å². The van der Waals surface area contributed by atoms with Crippen LogP contribution in [0, 0.1) is 0 Å². The summed E-state index contributed by atoms with van der Waals surface area (Å²) < 4.78 is 5.44. The van der Waals surface area contributed by atoms with Crippen molar-refractivity contribution in [3.05, 3.63) is 28.5 Å².